The third-order valence-electron chi connectivity index (χ3n) is 3.40. The van der Waals surface area contributed by atoms with Crippen LogP contribution in [0.4, 0.5) is 5.69 Å². The van der Waals surface area contributed by atoms with Crippen LogP contribution in [0.3, 0.4) is 0 Å². The van der Waals surface area contributed by atoms with E-state index in [1.807, 2.05) is 42.5 Å². The zero-order valence-electron chi connectivity index (χ0n) is 12.3. The maximum atomic E-state index is 8.92. The van der Waals surface area contributed by atoms with Gasteiger partial charge in [-0.1, -0.05) is 23.7 Å². The number of aliphatic hydroxyl groups excluding tert-OH is 1. The summed E-state index contributed by atoms with van der Waals surface area (Å²) in [6, 6.07) is 13.7. The van der Waals surface area contributed by atoms with Gasteiger partial charge in [0.2, 0.25) is 0 Å². The highest BCUT2D eigenvalue weighted by atomic mass is 35.5. The molecular formula is C17H20ClNO2. The molecule has 0 aliphatic carbocycles. The van der Waals surface area contributed by atoms with Crippen LogP contribution in [0.1, 0.15) is 24.1 Å². The van der Waals surface area contributed by atoms with Gasteiger partial charge in [0.25, 0.3) is 0 Å². The molecule has 21 heavy (non-hydrogen) atoms. The summed E-state index contributed by atoms with van der Waals surface area (Å²) in [7, 11) is 1.66. The maximum absolute atomic E-state index is 8.92. The highest BCUT2D eigenvalue weighted by Crippen LogP contribution is 2.30. The minimum Gasteiger partial charge on any atom is -0.496 e. The Morgan fingerprint density at radius 2 is 1.90 bits per heavy atom. The Morgan fingerprint density at radius 3 is 2.52 bits per heavy atom. The van der Waals surface area contributed by atoms with Crippen molar-refractivity contribution >= 4 is 17.3 Å². The Morgan fingerprint density at radius 1 is 1.19 bits per heavy atom. The minimum atomic E-state index is 0.0716. The summed E-state index contributed by atoms with van der Waals surface area (Å²) in [5.41, 5.74) is 3.16. The summed E-state index contributed by atoms with van der Waals surface area (Å²) >= 11 is 6.07. The Kier molecular flexibility index (Phi) is 5.48. The second-order valence-corrected chi connectivity index (χ2v) is 5.36. The Labute approximate surface area is 130 Å². The number of rotatable bonds is 6. The first-order chi connectivity index (χ1) is 10.1. The van der Waals surface area contributed by atoms with Gasteiger partial charge in [-0.05, 0) is 49.2 Å². The molecule has 0 heterocycles. The molecule has 0 radical (unpaired) electrons. The molecule has 0 spiro atoms. The molecule has 3 nitrogen and oxygen atoms in total. The molecule has 0 aromatic heterocycles. The molecule has 4 heteroatoms. The highest BCUT2D eigenvalue weighted by Gasteiger charge is 2.12. The lowest BCUT2D eigenvalue weighted by atomic mass is 10.1. The van der Waals surface area contributed by atoms with Crippen molar-refractivity contribution < 1.29 is 9.84 Å². The van der Waals surface area contributed by atoms with E-state index in [4.69, 9.17) is 21.4 Å². The first-order valence-electron chi connectivity index (χ1n) is 6.94. The number of ether oxygens (including phenoxy) is 1. The number of methoxy groups -OCH3 is 1. The molecule has 0 bridgehead atoms. The van der Waals surface area contributed by atoms with Gasteiger partial charge in [0.15, 0.2) is 0 Å². The third-order valence-corrected chi connectivity index (χ3v) is 3.63. The molecule has 112 valence electrons. The molecule has 2 N–H and O–H groups in total. The lowest BCUT2D eigenvalue weighted by molar-refractivity contribution is 0.299. The van der Waals surface area contributed by atoms with Gasteiger partial charge in [0, 0.05) is 22.9 Å². The van der Waals surface area contributed by atoms with Crippen molar-refractivity contribution in [3.8, 4) is 5.75 Å². The summed E-state index contributed by atoms with van der Waals surface area (Å²) in [5.74, 6) is 0.816. The van der Waals surface area contributed by atoms with Crippen molar-refractivity contribution in [2.24, 2.45) is 0 Å². The average molecular weight is 306 g/mol. The number of aliphatic hydroxyl groups is 1. The zero-order valence-corrected chi connectivity index (χ0v) is 13.0. The molecule has 2 rings (SSSR count). The predicted molar refractivity (Wildman–Crippen MR) is 87.3 cm³/mol. The highest BCUT2D eigenvalue weighted by molar-refractivity contribution is 6.30. The van der Waals surface area contributed by atoms with Crippen LogP contribution < -0.4 is 10.1 Å². The van der Waals surface area contributed by atoms with Crippen molar-refractivity contribution in [3.05, 3.63) is 58.6 Å². The first-order valence-corrected chi connectivity index (χ1v) is 7.31. The van der Waals surface area contributed by atoms with E-state index in [0.29, 0.717) is 11.4 Å². The molecule has 0 aliphatic heterocycles. The van der Waals surface area contributed by atoms with E-state index >= 15 is 0 Å². The number of benzene rings is 2. The zero-order chi connectivity index (χ0) is 15.2. The fourth-order valence-electron chi connectivity index (χ4n) is 2.27. The third kappa shape index (κ3) is 4.13. The normalized spacial score (nSPS) is 12.0. The van der Waals surface area contributed by atoms with Gasteiger partial charge in [-0.3, -0.25) is 0 Å². The van der Waals surface area contributed by atoms with Gasteiger partial charge >= 0.3 is 0 Å². The molecule has 0 fully saturated rings. The fourth-order valence-corrected chi connectivity index (χ4v) is 2.45. The van der Waals surface area contributed by atoms with E-state index in [1.165, 1.54) is 0 Å². The van der Waals surface area contributed by atoms with Crippen LogP contribution in [-0.4, -0.2) is 18.8 Å². The van der Waals surface area contributed by atoms with Crippen molar-refractivity contribution in [3.63, 3.8) is 0 Å². The Hall–Kier alpha value is -1.71. The van der Waals surface area contributed by atoms with Gasteiger partial charge in [-0.2, -0.15) is 0 Å². The molecule has 0 saturated carbocycles. The topological polar surface area (TPSA) is 41.5 Å². The second kappa shape index (κ2) is 7.34. The summed E-state index contributed by atoms with van der Waals surface area (Å²) in [6.07, 6.45) is 0.679. The van der Waals surface area contributed by atoms with Gasteiger partial charge in [-0.25, -0.2) is 0 Å². The number of hydrogen-bond acceptors (Lipinski definition) is 3. The summed E-state index contributed by atoms with van der Waals surface area (Å²) in [4.78, 5) is 0. The largest absolute Gasteiger partial charge is 0.496 e. The Balaban J connectivity index is 2.13. The second-order valence-electron chi connectivity index (χ2n) is 4.92. The van der Waals surface area contributed by atoms with Crippen molar-refractivity contribution in [2.75, 3.05) is 19.0 Å². The smallest absolute Gasteiger partial charge is 0.124 e. The van der Waals surface area contributed by atoms with E-state index in [9.17, 15) is 0 Å². The van der Waals surface area contributed by atoms with Crippen LogP contribution in [0.2, 0.25) is 5.02 Å². The summed E-state index contributed by atoms with van der Waals surface area (Å²) < 4.78 is 5.38. The van der Waals surface area contributed by atoms with Crippen LogP contribution in [-0.2, 0) is 6.42 Å². The SMILES string of the molecule is COc1ccc(Cl)cc1C(C)Nc1ccc(CCO)cc1. The quantitative estimate of drug-likeness (QED) is 0.846. The van der Waals surface area contributed by atoms with E-state index < -0.39 is 0 Å². The first kappa shape index (κ1) is 15.7. The Bertz CT molecular complexity index is 584. The molecule has 2 aromatic carbocycles. The molecule has 0 amide bonds. The van der Waals surface area contributed by atoms with E-state index in [2.05, 4.69) is 12.2 Å². The predicted octanol–water partition coefficient (Wildman–Crippen LogP) is 4.06. The lowest BCUT2D eigenvalue weighted by Gasteiger charge is -2.19. The van der Waals surface area contributed by atoms with Gasteiger partial charge in [0.1, 0.15) is 5.75 Å². The average Bonchev–Trinajstić information content (AvgIpc) is 2.49. The van der Waals surface area contributed by atoms with E-state index in [-0.39, 0.29) is 12.6 Å². The maximum Gasteiger partial charge on any atom is 0.124 e. The van der Waals surface area contributed by atoms with Crippen LogP contribution in [0.25, 0.3) is 0 Å². The number of anilines is 1. The van der Waals surface area contributed by atoms with Crippen molar-refractivity contribution in [1.29, 1.82) is 0 Å². The van der Waals surface area contributed by atoms with E-state index in [0.717, 1.165) is 22.6 Å². The van der Waals surface area contributed by atoms with Gasteiger partial charge < -0.3 is 15.2 Å². The standard InChI is InChI=1S/C17H20ClNO2/c1-12(16-11-14(18)5-8-17(16)21-2)19-15-6-3-13(4-7-15)9-10-20/h3-8,11-12,19-20H,9-10H2,1-2H3. The molecular weight excluding hydrogens is 286 g/mol. The van der Waals surface area contributed by atoms with Crippen LogP contribution in [0.5, 0.6) is 5.75 Å². The van der Waals surface area contributed by atoms with Crippen LogP contribution in [0.15, 0.2) is 42.5 Å². The number of nitrogens with one attached hydrogen (secondary N) is 1. The van der Waals surface area contributed by atoms with Gasteiger partial charge in [0.05, 0.1) is 13.2 Å². The molecule has 0 saturated heterocycles. The lowest BCUT2D eigenvalue weighted by Crippen LogP contribution is -2.08. The van der Waals surface area contributed by atoms with Crippen LogP contribution in [0, 0.1) is 0 Å². The minimum absolute atomic E-state index is 0.0716. The summed E-state index contributed by atoms with van der Waals surface area (Å²) in [6.45, 7) is 2.23. The van der Waals surface area contributed by atoms with Crippen molar-refractivity contribution in [1.82, 2.24) is 0 Å². The molecule has 1 atom stereocenters. The van der Waals surface area contributed by atoms with Crippen LogP contribution >= 0.6 is 11.6 Å². The fraction of sp³-hybridized carbons (Fsp3) is 0.294. The summed E-state index contributed by atoms with van der Waals surface area (Å²) in [5, 5.41) is 13.0. The number of hydrogen-bond donors (Lipinski definition) is 2. The molecule has 2 aromatic rings. The van der Waals surface area contributed by atoms with Gasteiger partial charge in [-0.15, -0.1) is 0 Å². The molecule has 1 unspecified atom stereocenters. The van der Waals surface area contributed by atoms with E-state index in [1.54, 1.807) is 7.11 Å². The number of halogens is 1. The van der Waals surface area contributed by atoms with Crippen molar-refractivity contribution in [2.45, 2.75) is 19.4 Å². The monoisotopic (exact) mass is 305 g/mol. The molecule has 0 aliphatic rings.